The number of hydrogen-bond acceptors (Lipinski definition) is 4. The molecule has 0 saturated heterocycles. The standard InChI is InChI=1S/C14H10N2O2/c15-9-10-18-14(17)8-7-12-6-5-11-3-1-2-4-13(11)16-12/h1-8H,10H2/b8-7+. The highest BCUT2D eigenvalue weighted by molar-refractivity contribution is 5.87. The topological polar surface area (TPSA) is 63.0 Å². The number of esters is 1. The molecule has 1 heterocycles. The van der Waals surface area contributed by atoms with E-state index in [-0.39, 0.29) is 6.61 Å². The molecule has 0 fully saturated rings. The van der Waals surface area contributed by atoms with Crippen molar-refractivity contribution in [1.29, 1.82) is 5.26 Å². The average Bonchev–Trinajstić information content (AvgIpc) is 2.42. The number of rotatable bonds is 3. The van der Waals surface area contributed by atoms with E-state index >= 15 is 0 Å². The molecule has 0 saturated carbocycles. The first kappa shape index (κ1) is 11.8. The van der Waals surface area contributed by atoms with E-state index in [9.17, 15) is 4.79 Å². The van der Waals surface area contributed by atoms with E-state index in [1.165, 1.54) is 6.08 Å². The first-order valence-corrected chi connectivity index (χ1v) is 5.37. The van der Waals surface area contributed by atoms with Crippen molar-refractivity contribution in [3.63, 3.8) is 0 Å². The Bertz CT molecular complexity index is 642. The van der Waals surface area contributed by atoms with E-state index in [4.69, 9.17) is 5.26 Å². The van der Waals surface area contributed by atoms with Crippen molar-refractivity contribution in [3.05, 3.63) is 48.2 Å². The second-order valence-electron chi connectivity index (χ2n) is 3.53. The summed E-state index contributed by atoms with van der Waals surface area (Å²) in [6, 6.07) is 13.2. The van der Waals surface area contributed by atoms with Crippen LogP contribution in [0.2, 0.25) is 0 Å². The molecule has 1 aromatic heterocycles. The number of para-hydroxylation sites is 1. The highest BCUT2D eigenvalue weighted by Crippen LogP contribution is 2.12. The van der Waals surface area contributed by atoms with Gasteiger partial charge in [0.15, 0.2) is 6.61 Å². The fraction of sp³-hybridized carbons (Fsp3) is 0.0714. The van der Waals surface area contributed by atoms with Gasteiger partial charge in [0, 0.05) is 11.5 Å². The van der Waals surface area contributed by atoms with Gasteiger partial charge in [0.05, 0.1) is 11.2 Å². The van der Waals surface area contributed by atoms with Gasteiger partial charge in [-0.15, -0.1) is 0 Å². The SMILES string of the molecule is N#CCOC(=O)/C=C/c1ccc2ccccc2n1. The summed E-state index contributed by atoms with van der Waals surface area (Å²) in [6.07, 6.45) is 2.82. The molecule has 2 aromatic rings. The minimum absolute atomic E-state index is 0.242. The van der Waals surface area contributed by atoms with Crippen LogP contribution in [0.3, 0.4) is 0 Å². The van der Waals surface area contributed by atoms with Crippen LogP contribution in [-0.4, -0.2) is 17.6 Å². The summed E-state index contributed by atoms with van der Waals surface area (Å²) in [7, 11) is 0. The Labute approximate surface area is 104 Å². The number of ether oxygens (including phenoxy) is 1. The zero-order chi connectivity index (χ0) is 12.8. The lowest BCUT2D eigenvalue weighted by Gasteiger charge is -1.98. The normalized spacial score (nSPS) is 10.4. The van der Waals surface area contributed by atoms with Gasteiger partial charge in [-0.1, -0.05) is 24.3 Å². The molecule has 1 aromatic carbocycles. The summed E-state index contributed by atoms with van der Waals surface area (Å²) < 4.78 is 4.59. The zero-order valence-corrected chi connectivity index (χ0v) is 9.54. The lowest BCUT2D eigenvalue weighted by Crippen LogP contribution is -2.00. The molecule has 88 valence electrons. The molecule has 0 atom stereocenters. The Balaban J connectivity index is 2.15. The van der Waals surface area contributed by atoms with Crippen LogP contribution in [-0.2, 0) is 9.53 Å². The quantitative estimate of drug-likeness (QED) is 0.608. The van der Waals surface area contributed by atoms with Crippen LogP contribution in [0.15, 0.2) is 42.5 Å². The molecular formula is C14H10N2O2. The highest BCUT2D eigenvalue weighted by Gasteiger charge is 1.97. The summed E-state index contributed by atoms with van der Waals surface area (Å²) in [5.41, 5.74) is 1.53. The number of hydrogen-bond donors (Lipinski definition) is 0. The Hall–Kier alpha value is -2.67. The van der Waals surface area contributed by atoms with Gasteiger partial charge in [0.1, 0.15) is 6.07 Å². The summed E-state index contributed by atoms with van der Waals surface area (Å²) >= 11 is 0. The minimum atomic E-state index is -0.550. The Morgan fingerprint density at radius 3 is 3.00 bits per heavy atom. The maximum atomic E-state index is 11.2. The monoisotopic (exact) mass is 238 g/mol. The number of aromatic nitrogens is 1. The zero-order valence-electron chi connectivity index (χ0n) is 9.54. The van der Waals surface area contributed by atoms with Crippen molar-refractivity contribution in [2.24, 2.45) is 0 Å². The minimum Gasteiger partial charge on any atom is -0.447 e. The van der Waals surface area contributed by atoms with Crippen LogP contribution in [0.4, 0.5) is 0 Å². The molecule has 0 spiro atoms. The van der Waals surface area contributed by atoms with Gasteiger partial charge in [-0.2, -0.15) is 5.26 Å². The number of pyridine rings is 1. The molecule has 4 nitrogen and oxygen atoms in total. The second-order valence-corrected chi connectivity index (χ2v) is 3.53. The van der Waals surface area contributed by atoms with Crippen LogP contribution < -0.4 is 0 Å². The number of fused-ring (bicyclic) bond motifs is 1. The van der Waals surface area contributed by atoms with Crippen molar-refractivity contribution < 1.29 is 9.53 Å². The molecule has 0 aliphatic carbocycles. The third kappa shape index (κ3) is 2.92. The Kier molecular flexibility index (Phi) is 3.67. The Morgan fingerprint density at radius 2 is 2.17 bits per heavy atom. The van der Waals surface area contributed by atoms with Gasteiger partial charge in [0.2, 0.25) is 0 Å². The van der Waals surface area contributed by atoms with Crippen molar-refractivity contribution in [2.75, 3.05) is 6.61 Å². The number of nitriles is 1. The van der Waals surface area contributed by atoms with Gasteiger partial charge >= 0.3 is 5.97 Å². The van der Waals surface area contributed by atoms with Gasteiger partial charge in [-0.3, -0.25) is 0 Å². The van der Waals surface area contributed by atoms with Crippen molar-refractivity contribution in [1.82, 2.24) is 4.98 Å². The maximum Gasteiger partial charge on any atom is 0.331 e. The van der Waals surface area contributed by atoms with E-state index in [0.717, 1.165) is 10.9 Å². The molecule has 18 heavy (non-hydrogen) atoms. The molecular weight excluding hydrogens is 228 g/mol. The van der Waals surface area contributed by atoms with Crippen LogP contribution in [0.5, 0.6) is 0 Å². The van der Waals surface area contributed by atoms with Crippen molar-refractivity contribution >= 4 is 22.9 Å². The molecule has 0 aliphatic heterocycles. The third-order valence-electron chi connectivity index (χ3n) is 2.29. The van der Waals surface area contributed by atoms with Crippen LogP contribution >= 0.6 is 0 Å². The first-order valence-electron chi connectivity index (χ1n) is 5.37. The average molecular weight is 238 g/mol. The highest BCUT2D eigenvalue weighted by atomic mass is 16.5. The van der Waals surface area contributed by atoms with E-state index in [1.807, 2.05) is 36.4 Å². The fourth-order valence-electron chi connectivity index (χ4n) is 1.48. The first-order chi connectivity index (χ1) is 8.79. The van der Waals surface area contributed by atoms with Gasteiger partial charge < -0.3 is 4.74 Å². The molecule has 0 N–H and O–H groups in total. The molecule has 0 amide bonds. The van der Waals surface area contributed by atoms with Gasteiger partial charge in [0.25, 0.3) is 0 Å². The molecule has 4 heteroatoms. The number of carbonyl (C=O) groups excluding carboxylic acids is 1. The molecule has 0 aliphatic rings. The predicted octanol–water partition coefficient (Wildman–Crippen LogP) is 2.31. The number of benzene rings is 1. The predicted molar refractivity (Wildman–Crippen MR) is 67.3 cm³/mol. The number of carbonyl (C=O) groups is 1. The smallest absolute Gasteiger partial charge is 0.331 e. The van der Waals surface area contributed by atoms with Crippen molar-refractivity contribution in [3.8, 4) is 6.07 Å². The van der Waals surface area contributed by atoms with Crippen molar-refractivity contribution in [2.45, 2.75) is 0 Å². The summed E-state index contributed by atoms with van der Waals surface area (Å²) in [5.74, 6) is -0.550. The Morgan fingerprint density at radius 1 is 1.33 bits per heavy atom. The second kappa shape index (κ2) is 5.60. The van der Waals surface area contributed by atoms with Gasteiger partial charge in [-0.25, -0.2) is 9.78 Å². The summed E-state index contributed by atoms with van der Waals surface area (Å²) in [6.45, 7) is -0.242. The van der Waals surface area contributed by atoms with Crippen LogP contribution in [0, 0.1) is 11.3 Å². The van der Waals surface area contributed by atoms with E-state index < -0.39 is 5.97 Å². The van der Waals surface area contributed by atoms with Crippen LogP contribution in [0.1, 0.15) is 5.69 Å². The van der Waals surface area contributed by atoms with E-state index in [0.29, 0.717) is 5.69 Å². The molecule has 0 bridgehead atoms. The van der Waals surface area contributed by atoms with E-state index in [1.54, 1.807) is 12.1 Å². The third-order valence-corrected chi connectivity index (χ3v) is 2.29. The summed E-state index contributed by atoms with van der Waals surface area (Å²) in [5, 5.41) is 9.30. The molecule has 0 radical (unpaired) electrons. The fourth-order valence-corrected chi connectivity index (χ4v) is 1.48. The molecule has 2 rings (SSSR count). The lowest BCUT2D eigenvalue weighted by atomic mass is 10.2. The number of nitrogens with zero attached hydrogens (tertiary/aromatic N) is 2. The largest absolute Gasteiger partial charge is 0.447 e. The lowest BCUT2D eigenvalue weighted by molar-refractivity contribution is -0.136. The summed E-state index contributed by atoms with van der Waals surface area (Å²) in [4.78, 5) is 15.5. The maximum absolute atomic E-state index is 11.2. The van der Waals surface area contributed by atoms with Crippen LogP contribution in [0.25, 0.3) is 17.0 Å². The molecule has 0 unspecified atom stereocenters. The van der Waals surface area contributed by atoms with E-state index in [2.05, 4.69) is 9.72 Å². The van der Waals surface area contributed by atoms with Gasteiger partial charge in [-0.05, 0) is 18.2 Å².